The third-order valence-corrected chi connectivity index (χ3v) is 7.61. The van der Waals surface area contributed by atoms with E-state index in [1.54, 1.807) is 11.0 Å². The van der Waals surface area contributed by atoms with Gasteiger partial charge in [0, 0.05) is 38.1 Å². The van der Waals surface area contributed by atoms with Crippen LogP contribution in [0.5, 0.6) is 0 Å². The van der Waals surface area contributed by atoms with Gasteiger partial charge in [-0.3, -0.25) is 9.59 Å². The fourth-order valence-electron chi connectivity index (χ4n) is 5.38. The topological polar surface area (TPSA) is 94.9 Å². The highest BCUT2D eigenvalue weighted by Gasteiger charge is 2.32. The van der Waals surface area contributed by atoms with Crippen molar-refractivity contribution in [2.24, 2.45) is 0 Å². The van der Waals surface area contributed by atoms with Gasteiger partial charge in [-0.2, -0.15) is 0 Å². The summed E-state index contributed by atoms with van der Waals surface area (Å²) < 4.78 is 1.92. The molecule has 40 heavy (non-hydrogen) atoms. The summed E-state index contributed by atoms with van der Waals surface area (Å²) in [7, 11) is 0. The predicted octanol–water partition coefficient (Wildman–Crippen LogP) is 5.66. The number of carboxylic acid groups (broad SMARTS) is 1. The highest BCUT2D eigenvalue weighted by Crippen LogP contribution is 2.28. The van der Waals surface area contributed by atoms with Crippen molar-refractivity contribution in [3.63, 3.8) is 0 Å². The van der Waals surface area contributed by atoms with Crippen molar-refractivity contribution in [3.8, 4) is 5.69 Å². The molecule has 0 radical (unpaired) electrons. The van der Waals surface area contributed by atoms with E-state index in [4.69, 9.17) is 0 Å². The number of amides is 3. The van der Waals surface area contributed by atoms with Gasteiger partial charge in [0.25, 0.3) is 11.8 Å². The molecule has 2 heterocycles. The van der Waals surface area contributed by atoms with E-state index in [1.165, 1.54) is 0 Å². The number of benzene rings is 2. The fraction of sp³-hybridized carbons (Fsp3) is 0.406. The monoisotopic (exact) mass is 544 g/mol. The zero-order valence-electron chi connectivity index (χ0n) is 23.7. The van der Waals surface area contributed by atoms with Crippen molar-refractivity contribution in [1.82, 2.24) is 19.7 Å². The summed E-state index contributed by atoms with van der Waals surface area (Å²) in [6.45, 7) is 8.20. The molecule has 212 valence electrons. The summed E-state index contributed by atoms with van der Waals surface area (Å²) in [6.07, 6.45) is 5.26. The van der Waals surface area contributed by atoms with Crippen LogP contribution in [0.15, 0.2) is 60.8 Å². The zero-order valence-corrected chi connectivity index (χ0v) is 23.7. The Morgan fingerprint density at radius 3 is 2.30 bits per heavy atom. The molecule has 1 aliphatic rings. The van der Waals surface area contributed by atoms with Crippen LogP contribution in [-0.4, -0.2) is 63.1 Å². The minimum atomic E-state index is -1.11. The molecule has 8 heteroatoms. The van der Waals surface area contributed by atoms with Crippen LogP contribution in [0.1, 0.15) is 77.1 Å². The number of hydrogen-bond acceptors (Lipinski definition) is 3. The lowest BCUT2D eigenvalue weighted by molar-refractivity contribution is 0.0636. The number of nitrogens with one attached hydrogen (secondary N) is 1. The smallest absolute Gasteiger partial charge is 0.404 e. The summed E-state index contributed by atoms with van der Waals surface area (Å²) in [5.74, 6) is -0.157. The molecule has 4 rings (SSSR count). The number of carbonyl (C=O) groups is 3. The number of unbranched alkanes of at least 4 members (excludes halogenated alkanes) is 2. The van der Waals surface area contributed by atoms with Gasteiger partial charge < -0.3 is 24.8 Å². The maximum atomic E-state index is 14.1. The Kier molecular flexibility index (Phi) is 9.64. The maximum Gasteiger partial charge on any atom is 0.404 e. The first-order valence-electron chi connectivity index (χ1n) is 14.3. The molecule has 1 aliphatic heterocycles. The van der Waals surface area contributed by atoms with Gasteiger partial charge in [0.05, 0.1) is 22.9 Å². The third kappa shape index (κ3) is 6.55. The molecule has 1 aromatic heterocycles. The number of aromatic nitrogens is 1. The van der Waals surface area contributed by atoms with Gasteiger partial charge in [-0.15, -0.1) is 0 Å². The van der Waals surface area contributed by atoms with Crippen LogP contribution in [0.4, 0.5) is 4.79 Å². The second-order valence-electron chi connectivity index (χ2n) is 10.5. The van der Waals surface area contributed by atoms with E-state index < -0.39 is 6.09 Å². The number of carbonyl (C=O) groups excluding carboxylic acids is 2. The highest BCUT2D eigenvalue weighted by molar-refractivity contribution is 5.99. The first kappa shape index (κ1) is 28.9. The van der Waals surface area contributed by atoms with Crippen LogP contribution in [0.2, 0.25) is 0 Å². The molecule has 0 fully saturated rings. The van der Waals surface area contributed by atoms with E-state index in [0.717, 1.165) is 55.6 Å². The first-order valence-corrected chi connectivity index (χ1v) is 14.3. The van der Waals surface area contributed by atoms with E-state index in [9.17, 15) is 19.5 Å². The van der Waals surface area contributed by atoms with E-state index in [0.29, 0.717) is 29.8 Å². The third-order valence-electron chi connectivity index (χ3n) is 7.61. The molecule has 0 saturated heterocycles. The highest BCUT2D eigenvalue weighted by atomic mass is 16.4. The van der Waals surface area contributed by atoms with Gasteiger partial charge in [-0.1, -0.05) is 63.1 Å². The van der Waals surface area contributed by atoms with Crippen molar-refractivity contribution in [3.05, 3.63) is 88.7 Å². The lowest BCUT2D eigenvalue weighted by Crippen LogP contribution is -2.50. The van der Waals surface area contributed by atoms with Crippen molar-refractivity contribution < 1.29 is 19.5 Å². The molecule has 2 N–H and O–H groups in total. The second kappa shape index (κ2) is 13.3. The Morgan fingerprint density at radius 1 is 0.975 bits per heavy atom. The number of rotatable bonds is 11. The first-order chi connectivity index (χ1) is 19.3. The molecule has 2 aromatic carbocycles. The minimum absolute atomic E-state index is 0.0139. The summed E-state index contributed by atoms with van der Waals surface area (Å²) in [6, 6.07) is 17.0. The minimum Gasteiger partial charge on any atom is -0.465 e. The van der Waals surface area contributed by atoms with Crippen LogP contribution in [0, 0.1) is 6.92 Å². The fourth-order valence-corrected chi connectivity index (χ4v) is 5.38. The predicted molar refractivity (Wildman–Crippen MR) is 156 cm³/mol. The van der Waals surface area contributed by atoms with Gasteiger partial charge in [0.2, 0.25) is 0 Å². The maximum absolute atomic E-state index is 14.1. The van der Waals surface area contributed by atoms with E-state index in [-0.39, 0.29) is 24.4 Å². The molecule has 0 unspecified atom stereocenters. The summed E-state index contributed by atoms with van der Waals surface area (Å²) >= 11 is 0. The number of hydrogen-bond donors (Lipinski definition) is 2. The molecule has 3 amide bonds. The average Bonchev–Trinajstić information content (AvgIpc) is 3.36. The van der Waals surface area contributed by atoms with Gasteiger partial charge in [0.15, 0.2) is 0 Å². The van der Waals surface area contributed by atoms with Crippen LogP contribution in [0.3, 0.4) is 0 Å². The second-order valence-corrected chi connectivity index (χ2v) is 10.5. The molecule has 0 spiro atoms. The van der Waals surface area contributed by atoms with Gasteiger partial charge in [-0.05, 0) is 55.5 Å². The largest absolute Gasteiger partial charge is 0.465 e. The lowest BCUT2D eigenvalue weighted by atomic mass is 9.93. The summed E-state index contributed by atoms with van der Waals surface area (Å²) in [4.78, 5) is 42.6. The molecule has 8 nitrogen and oxygen atoms in total. The van der Waals surface area contributed by atoms with Crippen LogP contribution in [0.25, 0.3) is 5.69 Å². The van der Waals surface area contributed by atoms with Crippen LogP contribution >= 0.6 is 0 Å². The van der Waals surface area contributed by atoms with Crippen molar-refractivity contribution in [2.45, 2.75) is 65.5 Å². The molecule has 0 aliphatic carbocycles. The summed E-state index contributed by atoms with van der Waals surface area (Å²) in [5, 5.41) is 11.7. The molecular weight excluding hydrogens is 504 g/mol. The molecular formula is C32H40N4O4. The van der Waals surface area contributed by atoms with Gasteiger partial charge in [0.1, 0.15) is 0 Å². The Balaban J connectivity index is 1.66. The van der Waals surface area contributed by atoms with Crippen molar-refractivity contribution in [2.75, 3.05) is 19.6 Å². The number of aryl methyl sites for hydroxylation is 1. The lowest BCUT2D eigenvalue weighted by Gasteiger charge is -2.37. The van der Waals surface area contributed by atoms with Gasteiger partial charge >= 0.3 is 6.09 Å². The SMILES string of the molecule is CCCCN(CCCC)C(=O)c1cc(C)n(-c2ccccc2C(=O)N2Cc3ccccc3C[C@H]2CNC(=O)O)c1. The van der Waals surface area contributed by atoms with Crippen molar-refractivity contribution >= 4 is 17.9 Å². The Labute approximate surface area is 236 Å². The molecule has 0 bridgehead atoms. The quantitative estimate of drug-likeness (QED) is 0.326. The summed E-state index contributed by atoms with van der Waals surface area (Å²) in [5.41, 5.74) is 4.86. The Morgan fingerprint density at radius 2 is 1.62 bits per heavy atom. The van der Waals surface area contributed by atoms with Crippen LogP contribution < -0.4 is 5.32 Å². The standard InChI is InChI=1S/C32H40N4O4/c1-4-6-16-34(17-7-5-2)30(37)26-18-23(3)35(22-26)29-15-11-10-14-28(29)31(38)36-21-25-13-9-8-12-24(25)19-27(36)20-33-32(39)40/h8-15,18,22,27,33H,4-7,16-17,19-21H2,1-3H3,(H,39,40)/t27-/m0/s1. The van der Waals surface area contributed by atoms with E-state index >= 15 is 0 Å². The zero-order chi connectivity index (χ0) is 28.6. The normalized spacial score (nSPS) is 14.5. The molecule has 1 atom stereocenters. The van der Waals surface area contributed by atoms with E-state index in [2.05, 4.69) is 19.2 Å². The molecule has 0 saturated carbocycles. The Hall–Kier alpha value is -4.07. The Bertz CT molecular complexity index is 1340. The van der Waals surface area contributed by atoms with Gasteiger partial charge in [-0.25, -0.2) is 4.79 Å². The van der Waals surface area contributed by atoms with Crippen LogP contribution in [-0.2, 0) is 13.0 Å². The van der Waals surface area contributed by atoms with E-state index in [1.807, 2.05) is 71.1 Å². The number of fused-ring (bicyclic) bond motifs is 1. The number of para-hydroxylation sites is 1. The van der Waals surface area contributed by atoms with Crippen molar-refractivity contribution in [1.29, 1.82) is 0 Å². The average molecular weight is 545 g/mol. The molecule has 3 aromatic rings. The number of nitrogens with zero attached hydrogens (tertiary/aromatic N) is 3.